The molecule has 2 atom stereocenters. The zero-order valence-electron chi connectivity index (χ0n) is 18.2. The van der Waals surface area contributed by atoms with Crippen LogP contribution >= 0.6 is 27.7 Å². The molecule has 1 aliphatic carbocycles. The summed E-state index contributed by atoms with van der Waals surface area (Å²) in [6, 6.07) is 15.9. The first kappa shape index (κ1) is 22.9. The first-order valence-corrected chi connectivity index (χ1v) is 12.6. The maximum absolute atomic E-state index is 13.6. The van der Waals surface area contributed by atoms with Gasteiger partial charge in [-0.2, -0.15) is 0 Å². The molecular weight excluding hydrogens is 484 g/mol. The lowest BCUT2D eigenvalue weighted by molar-refractivity contribution is -0.124. The standard InChI is InChI=1S/C26H27BrN2O2S/c1-3-15-31-23-14-13-19(16-21(23)27)17-24-25(30)29(22-12-8-7-9-18(22)2)26(32-24)28-20-10-5-4-6-11-20/h3-6,10-11,13-14,16-18,22H,1,7-9,12,15H2,2H3/b24-17-,28-26?/t18-,22+/m1/s1. The minimum absolute atomic E-state index is 0.0477. The van der Waals surface area contributed by atoms with Crippen molar-refractivity contribution in [3.05, 3.63) is 76.1 Å². The van der Waals surface area contributed by atoms with Gasteiger partial charge in [-0.25, -0.2) is 4.99 Å². The van der Waals surface area contributed by atoms with Crippen molar-refractivity contribution < 1.29 is 9.53 Å². The van der Waals surface area contributed by atoms with E-state index in [2.05, 4.69) is 29.4 Å². The van der Waals surface area contributed by atoms with Crippen LogP contribution < -0.4 is 4.74 Å². The molecule has 1 amide bonds. The lowest BCUT2D eigenvalue weighted by atomic mass is 9.85. The molecule has 2 aromatic rings. The molecule has 2 fully saturated rings. The number of benzene rings is 2. The van der Waals surface area contributed by atoms with Gasteiger partial charge in [0.2, 0.25) is 0 Å². The van der Waals surface area contributed by atoms with E-state index in [0.29, 0.717) is 17.4 Å². The predicted molar refractivity (Wildman–Crippen MR) is 137 cm³/mol. The number of hydrogen-bond donors (Lipinski definition) is 0. The number of thioether (sulfide) groups is 1. The molecule has 166 valence electrons. The summed E-state index contributed by atoms with van der Waals surface area (Å²) >= 11 is 5.03. The molecule has 0 spiro atoms. The van der Waals surface area contributed by atoms with Crippen LogP contribution in [0, 0.1) is 5.92 Å². The van der Waals surface area contributed by atoms with Gasteiger partial charge in [0.05, 0.1) is 15.1 Å². The fourth-order valence-electron chi connectivity index (χ4n) is 4.17. The van der Waals surface area contributed by atoms with Gasteiger partial charge in [0.25, 0.3) is 5.91 Å². The molecule has 4 nitrogen and oxygen atoms in total. The number of aliphatic imine (C=N–C) groups is 1. The van der Waals surface area contributed by atoms with Crippen molar-refractivity contribution >= 4 is 50.5 Å². The highest BCUT2D eigenvalue weighted by atomic mass is 79.9. The zero-order valence-corrected chi connectivity index (χ0v) is 20.6. The van der Waals surface area contributed by atoms with E-state index in [1.54, 1.807) is 6.08 Å². The van der Waals surface area contributed by atoms with E-state index in [4.69, 9.17) is 9.73 Å². The molecule has 0 radical (unpaired) electrons. The van der Waals surface area contributed by atoms with Crippen molar-refractivity contribution in [2.24, 2.45) is 10.9 Å². The monoisotopic (exact) mass is 510 g/mol. The van der Waals surface area contributed by atoms with Crippen molar-refractivity contribution in [2.75, 3.05) is 6.61 Å². The van der Waals surface area contributed by atoms with Crippen LogP contribution in [0.1, 0.15) is 38.2 Å². The van der Waals surface area contributed by atoms with Crippen LogP contribution in [0.25, 0.3) is 6.08 Å². The molecule has 1 aliphatic heterocycles. The summed E-state index contributed by atoms with van der Waals surface area (Å²) in [5.41, 5.74) is 1.81. The van der Waals surface area contributed by atoms with Crippen LogP contribution in [0.3, 0.4) is 0 Å². The summed E-state index contributed by atoms with van der Waals surface area (Å²) in [6.45, 7) is 6.38. The Morgan fingerprint density at radius 1 is 1.22 bits per heavy atom. The molecule has 1 heterocycles. The second-order valence-electron chi connectivity index (χ2n) is 8.13. The largest absolute Gasteiger partial charge is 0.488 e. The van der Waals surface area contributed by atoms with Crippen LogP contribution in [-0.4, -0.2) is 28.6 Å². The number of para-hydroxylation sites is 1. The average Bonchev–Trinajstić information content (AvgIpc) is 3.08. The topological polar surface area (TPSA) is 41.9 Å². The van der Waals surface area contributed by atoms with Gasteiger partial charge in [-0.3, -0.25) is 9.69 Å². The zero-order chi connectivity index (χ0) is 22.5. The van der Waals surface area contributed by atoms with Crippen molar-refractivity contribution in [1.29, 1.82) is 0 Å². The maximum Gasteiger partial charge on any atom is 0.267 e. The van der Waals surface area contributed by atoms with Gasteiger partial charge < -0.3 is 4.74 Å². The Labute approximate surface area is 202 Å². The predicted octanol–water partition coefficient (Wildman–Crippen LogP) is 7.20. The highest BCUT2D eigenvalue weighted by molar-refractivity contribution is 9.10. The number of halogens is 1. The number of amidine groups is 1. The SMILES string of the molecule is C=CCOc1ccc(/C=C2\SC(=Nc3ccccc3)N([C@H]3CCCC[C@H]3C)C2=O)cc1Br. The Kier molecular flexibility index (Phi) is 7.53. The summed E-state index contributed by atoms with van der Waals surface area (Å²) in [4.78, 5) is 21.1. The number of nitrogens with zero attached hydrogens (tertiary/aromatic N) is 2. The second kappa shape index (κ2) is 10.5. The Bertz CT molecular complexity index is 1050. The number of carbonyl (C=O) groups excluding carboxylic acids is 1. The molecule has 0 unspecified atom stereocenters. The van der Waals surface area contributed by atoms with Crippen LogP contribution in [0.4, 0.5) is 5.69 Å². The van der Waals surface area contributed by atoms with E-state index in [1.807, 2.05) is 59.5 Å². The summed E-state index contributed by atoms with van der Waals surface area (Å²) < 4.78 is 6.49. The summed E-state index contributed by atoms with van der Waals surface area (Å²) in [6.07, 6.45) is 8.22. The van der Waals surface area contributed by atoms with Crippen molar-refractivity contribution in [3.63, 3.8) is 0 Å². The smallest absolute Gasteiger partial charge is 0.267 e. The van der Waals surface area contributed by atoms with Gasteiger partial charge in [0.1, 0.15) is 12.4 Å². The number of hydrogen-bond acceptors (Lipinski definition) is 4. The number of amides is 1. The van der Waals surface area contributed by atoms with Crippen molar-refractivity contribution in [2.45, 2.75) is 38.6 Å². The normalized spacial score (nSPS) is 23.7. The third kappa shape index (κ3) is 5.18. The third-order valence-corrected chi connectivity index (χ3v) is 7.43. The molecule has 0 aromatic heterocycles. The molecule has 1 saturated carbocycles. The van der Waals surface area contributed by atoms with Gasteiger partial charge in [-0.15, -0.1) is 0 Å². The molecule has 6 heteroatoms. The highest BCUT2D eigenvalue weighted by Gasteiger charge is 2.41. The fraction of sp³-hybridized carbons (Fsp3) is 0.308. The van der Waals surface area contributed by atoms with Crippen LogP contribution in [-0.2, 0) is 4.79 Å². The molecule has 1 saturated heterocycles. The first-order chi connectivity index (χ1) is 15.6. The molecule has 0 N–H and O–H groups in total. The molecular formula is C26H27BrN2O2S. The van der Waals surface area contributed by atoms with Gasteiger partial charge in [0, 0.05) is 6.04 Å². The van der Waals surface area contributed by atoms with Gasteiger partial charge in [0.15, 0.2) is 5.17 Å². The van der Waals surface area contributed by atoms with Crippen molar-refractivity contribution in [1.82, 2.24) is 4.90 Å². The molecule has 4 rings (SSSR count). The van der Waals surface area contributed by atoms with Crippen LogP contribution in [0.5, 0.6) is 5.75 Å². The van der Waals surface area contributed by atoms with E-state index >= 15 is 0 Å². The quantitative estimate of drug-likeness (QED) is 0.304. The molecule has 2 aliphatic rings. The van der Waals surface area contributed by atoms with Crippen molar-refractivity contribution in [3.8, 4) is 5.75 Å². The Hall–Kier alpha value is -2.31. The lowest BCUT2D eigenvalue weighted by Crippen LogP contribution is -2.44. The minimum Gasteiger partial charge on any atom is -0.488 e. The minimum atomic E-state index is 0.0477. The fourth-order valence-corrected chi connectivity index (χ4v) is 5.73. The van der Waals surface area contributed by atoms with E-state index in [1.165, 1.54) is 18.2 Å². The second-order valence-corrected chi connectivity index (χ2v) is 10.00. The lowest BCUT2D eigenvalue weighted by Gasteiger charge is -2.35. The van der Waals surface area contributed by atoms with Gasteiger partial charge in [-0.05, 0) is 82.4 Å². The van der Waals surface area contributed by atoms with Crippen LogP contribution in [0.15, 0.2) is 75.6 Å². The van der Waals surface area contributed by atoms with E-state index in [9.17, 15) is 4.79 Å². The first-order valence-electron chi connectivity index (χ1n) is 11.0. The molecule has 0 bridgehead atoms. The average molecular weight is 511 g/mol. The number of rotatable bonds is 6. The third-order valence-electron chi connectivity index (χ3n) is 5.83. The van der Waals surface area contributed by atoms with E-state index in [-0.39, 0.29) is 11.9 Å². The Morgan fingerprint density at radius 3 is 2.72 bits per heavy atom. The summed E-state index contributed by atoms with van der Waals surface area (Å²) in [5.74, 6) is 1.26. The molecule has 32 heavy (non-hydrogen) atoms. The Balaban J connectivity index is 1.66. The van der Waals surface area contributed by atoms with Gasteiger partial charge in [-0.1, -0.05) is 56.7 Å². The summed E-state index contributed by atoms with van der Waals surface area (Å²) in [7, 11) is 0. The number of ether oxygens (including phenoxy) is 1. The van der Waals surface area contributed by atoms with E-state index in [0.717, 1.165) is 45.9 Å². The maximum atomic E-state index is 13.6. The summed E-state index contributed by atoms with van der Waals surface area (Å²) in [5, 5.41) is 0.774. The van der Waals surface area contributed by atoms with Crippen LogP contribution in [0.2, 0.25) is 0 Å². The van der Waals surface area contributed by atoms with Gasteiger partial charge >= 0.3 is 0 Å². The molecule has 2 aromatic carbocycles. The number of carbonyl (C=O) groups is 1. The van der Waals surface area contributed by atoms with E-state index < -0.39 is 0 Å². The highest BCUT2D eigenvalue weighted by Crippen LogP contribution is 2.40. The Morgan fingerprint density at radius 2 is 2.00 bits per heavy atom.